The molecule has 7 atom stereocenters. The summed E-state index contributed by atoms with van der Waals surface area (Å²) >= 11 is 1.59. The molecule has 0 bridgehead atoms. The van der Waals surface area contributed by atoms with Gasteiger partial charge in [0.25, 0.3) is 0 Å². The van der Waals surface area contributed by atoms with E-state index in [1.54, 1.807) is 18.7 Å². The zero-order valence-electron chi connectivity index (χ0n) is 20.4. The van der Waals surface area contributed by atoms with Crippen LogP contribution in [0.4, 0.5) is 0 Å². The third-order valence-corrected chi connectivity index (χ3v) is 9.19. The van der Waals surface area contributed by atoms with Gasteiger partial charge in [0, 0.05) is 53.8 Å². The van der Waals surface area contributed by atoms with Crippen LogP contribution in [0.25, 0.3) is 0 Å². The summed E-state index contributed by atoms with van der Waals surface area (Å²) in [4.78, 5) is 42.3. The van der Waals surface area contributed by atoms with Crippen molar-refractivity contribution >= 4 is 29.5 Å². The molecular weight excluding hydrogens is 486 g/mol. The third-order valence-electron chi connectivity index (χ3n) is 7.68. The SMILES string of the molecule is C[C@@H](NC(=O)Cn1cnnn1)[C@H]1C(=O)N2C(C(=O)O)=C(SC3CNC(CN4CC[C@@H](N)C4)C3)[C@H](C)[C@H]12. The fourth-order valence-electron chi connectivity index (χ4n) is 6.02. The molecule has 14 heteroatoms. The minimum atomic E-state index is -1.08. The van der Waals surface area contributed by atoms with Gasteiger partial charge in [-0.3, -0.25) is 9.59 Å². The Labute approximate surface area is 213 Å². The molecule has 0 aliphatic carbocycles. The van der Waals surface area contributed by atoms with Crippen molar-refractivity contribution < 1.29 is 19.5 Å². The molecule has 3 saturated heterocycles. The smallest absolute Gasteiger partial charge is 0.353 e. The summed E-state index contributed by atoms with van der Waals surface area (Å²) in [5.74, 6) is -2.27. The number of β-lactam (4-membered cyclic amide) rings is 1. The largest absolute Gasteiger partial charge is 0.477 e. The van der Waals surface area contributed by atoms with Crippen molar-refractivity contribution in [3.05, 3.63) is 16.9 Å². The highest BCUT2D eigenvalue weighted by atomic mass is 32.2. The lowest BCUT2D eigenvalue weighted by Crippen LogP contribution is -2.66. The number of likely N-dealkylation sites (tertiary alicyclic amines) is 1. The van der Waals surface area contributed by atoms with Crippen LogP contribution >= 0.6 is 11.8 Å². The number of nitrogens with two attached hydrogens (primary N) is 1. The second-order valence-corrected chi connectivity index (χ2v) is 11.6. The molecule has 0 saturated carbocycles. The monoisotopic (exact) mass is 519 g/mol. The van der Waals surface area contributed by atoms with E-state index >= 15 is 0 Å². The Bertz CT molecular complexity index is 1050. The van der Waals surface area contributed by atoms with E-state index in [-0.39, 0.29) is 47.3 Å². The van der Waals surface area contributed by atoms with Crippen molar-refractivity contribution in [3.63, 3.8) is 0 Å². The van der Waals surface area contributed by atoms with E-state index in [0.29, 0.717) is 6.04 Å². The lowest BCUT2D eigenvalue weighted by Gasteiger charge is -2.47. The van der Waals surface area contributed by atoms with E-state index in [1.807, 2.05) is 6.92 Å². The Morgan fingerprint density at radius 1 is 1.42 bits per heavy atom. The average molecular weight is 520 g/mol. The molecule has 196 valence electrons. The Kier molecular flexibility index (Phi) is 7.03. The number of hydrogen-bond donors (Lipinski definition) is 4. The summed E-state index contributed by atoms with van der Waals surface area (Å²) in [6.07, 6.45) is 3.31. The summed E-state index contributed by atoms with van der Waals surface area (Å²) in [6, 6.07) is -0.138. The van der Waals surface area contributed by atoms with Crippen LogP contribution in [0.2, 0.25) is 0 Å². The van der Waals surface area contributed by atoms with Crippen LogP contribution in [0.1, 0.15) is 26.7 Å². The summed E-state index contributed by atoms with van der Waals surface area (Å²) in [5, 5.41) is 27.4. The van der Waals surface area contributed by atoms with E-state index in [9.17, 15) is 19.5 Å². The number of carboxylic acid groups (broad SMARTS) is 1. The molecule has 13 nitrogen and oxygen atoms in total. The first-order valence-corrected chi connectivity index (χ1v) is 13.3. The van der Waals surface area contributed by atoms with Crippen LogP contribution in [-0.2, 0) is 20.9 Å². The van der Waals surface area contributed by atoms with Gasteiger partial charge in [0.1, 0.15) is 18.6 Å². The first kappa shape index (κ1) is 25.1. The number of aliphatic carboxylic acids is 1. The first-order chi connectivity index (χ1) is 17.2. The number of carbonyl (C=O) groups excluding carboxylic acids is 2. The molecule has 4 aliphatic rings. The fraction of sp³-hybridized carbons (Fsp3) is 0.727. The molecule has 2 amide bonds. The maximum Gasteiger partial charge on any atom is 0.353 e. The Balaban J connectivity index is 1.21. The number of nitrogens with zero attached hydrogens (tertiary/aromatic N) is 6. The van der Waals surface area contributed by atoms with E-state index in [1.165, 1.54) is 15.9 Å². The maximum atomic E-state index is 13.1. The van der Waals surface area contributed by atoms with Crippen LogP contribution < -0.4 is 16.4 Å². The number of nitrogens with one attached hydrogen (secondary N) is 2. The van der Waals surface area contributed by atoms with E-state index in [0.717, 1.165) is 43.9 Å². The van der Waals surface area contributed by atoms with Crippen molar-refractivity contribution in [3.8, 4) is 0 Å². The van der Waals surface area contributed by atoms with E-state index in [2.05, 4.69) is 31.1 Å². The number of aromatic nitrogens is 4. The molecule has 0 aromatic carbocycles. The van der Waals surface area contributed by atoms with Gasteiger partial charge >= 0.3 is 5.97 Å². The molecule has 4 aliphatic heterocycles. The number of thioether (sulfide) groups is 1. The number of carbonyl (C=O) groups is 3. The molecule has 5 rings (SSSR count). The molecule has 1 aromatic rings. The number of rotatable bonds is 9. The first-order valence-electron chi connectivity index (χ1n) is 12.4. The predicted octanol–water partition coefficient (Wildman–Crippen LogP) is -1.55. The highest BCUT2D eigenvalue weighted by Crippen LogP contribution is 2.51. The summed E-state index contributed by atoms with van der Waals surface area (Å²) in [6.45, 7) is 7.40. The molecule has 1 aromatic heterocycles. The highest BCUT2D eigenvalue weighted by molar-refractivity contribution is 8.03. The van der Waals surface area contributed by atoms with Crippen molar-refractivity contribution in [2.45, 2.75) is 62.7 Å². The van der Waals surface area contributed by atoms with Gasteiger partial charge in [0.2, 0.25) is 11.8 Å². The second kappa shape index (κ2) is 10.1. The number of hydrogen-bond acceptors (Lipinski definition) is 10. The molecule has 0 radical (unpaired) electrons. The van der Waals surface area contributed by atoms with Gasteiger partial charge in [0.15, 0.2) is 0 Å². The van der Waals surface area contributed by atoms with Crippen molar-refractivity contribution in [1.29, 1.82) is 0 Å². The third kappa shape index (κ3) is 4.74. The normalized spacial score (nSPS) is 33.1. The maximum absolute atomic E-state index is 13.1. The number of fused-ring (bicyclic) bond motifs is 1. The van der Waals surface area contributed by atoms with Crippen molar-refractivity contribution in [2.75, 3.05) is 26.2 Å². The average Bonchev–Trinajstić information content (AvgIpc) is 3.59. The minimum Gasteiger partial charge on any atom is -0.477 e. The van der Waals surface area contributed by atoms with Gasteiger partial charge in [-0.1, -0.05) is 6.92 Å². The van der Waals surface area contributed by atoms with Crippen molar-refractivity contribution in [1.82, 2.24) is 40.6 Å². The molecule has 3 fully saturated rings. The van der Waals surface area contributed by atoms with E-state index < -0.39 is 17.9 Å². The van der Waals surface area contributed by atoms with Gasteiger partial charge in [-0.25, -0.2) is 9.48 Å². The highest BCUT2D eigenvalue weighted by Gasteiger charge is 2.60. The number of amides is 2. The number of carboxylic acids is 1. The molecule has 0 spiro atoms. The fourth-order valence-corrected chi connectivity index (χ4v) is 7.54. The van der Waals surface area contributed by atoms with Crippen LogP contribution in [0.3, 0.4) is 0 Å². The Hall–Kier alpha value is -2.55. The van der Waals surface area contributed by atoms with Crippen LogP contribution in [0, 0.1) is 11.8 Å². The lowest BCUT2D eigenvalue weighted by atomic mass is 9.78. The predicted molar refractivity (Wildman–Crippen MR) is 130 cm³/mol. The van der Waals surface area contributed by atoms with Gasteiger partial charge in [0.05, 0.1) is 12.0 Å². The van der Waals surface area contributed by atoms with Gasteiger partial charge < -0.3 is 31.3 Å². The molecule has 5 N–H and O–H groups in total. The molecule has 2 unspecified atom stereocenters. The van der Waals surface area contributed by atoms with Gasteiger partial charge in [-0.2, -0.15) is 0 Å². The zero-order valence-corrected chi connectivity index (χ0v) is 21.2. The Morgan fingerprint density at radius 2 is 2.22 bits per heavy atom. The second-order valence-electron chi connectivity index (χ2n) is 10.3. The van der Waals surface area contributed by atoms with E-state index in [4.69, 9.17) is 5.73 Å². The molecular formula is C22H33N9O4S. The Morgan fingerprint density at radius 3 is 2.89 bits per heavy atom. The zero-order chi connectivity index (χ0) is 25.6. The number of tetrazole rings is 1. The van der Waals surface area contributed by atoms with Crippen molar-refractivity contribution in [2.24, 2.45) is 17.6 Å². The standard InChI is InChI=1S/C22H33N9O4S/c1-11-18-17(12(2)26-16(32)9-30-10-25-27-28-30)21(33)31(18)19(22(34)35)20(11)36-15-5-14(24-6-15)8-29-4-3-13(23)7-29/h10-15,17-18,24H,3-9,23H2,1-2H3,(H,26,32)(H,34,35)/t11-,12-,13-,14?,15?,17-,18-/m1/s1. The van der Waals surface area contributed by atoms with Gasteiger partial charge in [-0.05, 0) is 36.7 Å². The van der Waals surface area contributed by atoms with Crippen LogP contribution in [0.15, 0.2) is 16.9 Å². The van der Waals surface area contributed by atoms with Gasteiger partial charge in [-0.15, -0.1) is 16.9 Å². The quantitative estimate of drug-likeness (QED) is 0.278. The summed E-state index contributed by atoms with van der Waals surface area (Å²) in [5.41, 5.74) is 6.13. The topological polar surface area (TPSA) is 172 Å². The molecule has 5 heterocycles. The lowest BCUT2D eigenvalue weighted by molar-refractivity contribution is -0.158. The molecule has 36 heavy (non-hydrogen) atoms. The summed E-state index contributed by atoms with van der Waals surface area (Å²) in [7, 11) is 0. The minimum absolute atomic E-state index is 0.0544. The van der Waals surface area contributed by atoms with Crippen LogP contribution in [0.5, 0.6) is 0 Å². The summed E-state index contributed by atoms with van der Waals surface area (Å²) < 4.78 is 1.30. The van der Waals surface area contributed by atoms with Crippen LogP contribution in [-0.4, -0.2) is 108 Å².